The van der Waals surface area contributed by atoms with Crippen molar-refractivity contribution >= 4 is 35.5 Å². The van der Waals surface area contributed by atoms with Crippen molar-refractivity contribution in [3.05, 3.63) is 12.7 Å². The van der Waals surface area contributed by atoms with Crippen LogP contribution in [0.15, 0.2) is 12.7 Å². The van der Waals surface area contributed by atoms with Gasteiger partial charge in [-0.3, -0.25) is 24.0 Å². The summed E-state index contributed by atoms with van der Waals surface area (Å²) in [4.78, 5) is 78.0. The summed E-state index contributed by atoms with van der Waals surface area (Å²) in [5, 5.41) is 10.2. The Bertz CT molecular complexity index is 1020. The van der Waals surface area contributed by atoms with Crippen LogP contribution in [0.4, 0.5) is 4.79 Å². The Labute approximate surface area is 262 Å². The van der Waals surface area contributed by atoms with E-state index in [1.165, 1.54) is 11.0 Å². The van der Waals surface area contributed by atoms with Crippen molar-refractivity contribution in [3.63, 3.8) is 0 Å². The molecule has 4 atom stereocenters. The molecule has 250 valence electrons. The number of ether oxygens (including phenoxy) is 1. The number of nitrogens with zero attached hydrogens (tertiary/aromatic N) is 1. The van der Waals surface area contributed by atoms with Crippen LogP contribution in [0.1, 0.15) is 87.5 Å². The Morgan fingerprint density at radius 3 is 2.16 bits per heavy atom. The van der Waals surface area contributed by atoms with Crippen molar-refractivity contribution in [2.24, 2.45) is 23.2 Å². The summed E-state index contributed by atoms with van der Waals surface area (Å²) < 4.78 is 5.11. The third kappa shape index (κ3) is 13.9. The highest BCUT2D eigenvalue weighted by Gasteiger charge is 2.44. The van der Waals surface area contributed by atoms with Crippen LogP contribution in [0, 0.1) is 23.2 Å². The van der Waals surface area contributed by atoms with Crippen molar-refractivity contribution < 1.29 is 33.5 Å². The number of urea groups is 1. The molecule has 1 aliphatic heterocycles. The molecule has 3 unspecified atom stereocenters. The Morgan fingerprint density at radius 2 is 1.64 bits per heavy atom. The van der Waals surface area contributed by atoms with Gasteiger partial charge in [-0.2, -0.15) is 0 Å². The minimum Gasteiger partial charge on any atom is -0.464 e. The minimum atomic E-state index is -1.03. The molecule has 1 saturated heterocycles. The monoisotopic (exact) mass is 621 g/mol. The van der Waals surface area contributed by atoms with Crippen LogP contribution in [0.5, 0.6) is 0 Å². The van der Waals surface area contributed by atoms with Crippen LogP contribution in [0.2, 0.25) is 0 Å². The summed E-state index contributed by atoms with van der Waals surface area (Å²) in [5.41, 5.74) is -0.724. The van der Waals surface area contributed by atoms with Gasteiger partial charge in [0.15, 0.2) is 0 Å². The number of nitrogens with one attached hydrogen (secondary N) is 4. The highest BCUT2D eigenvalue weighted by molar-refractivity contribution is 6.38. The minimum absolute atomic E-state index is 0.00778. The van der Waals surface area contributed by atoms with Gasteiger partial charge in [0.1, 0.15) is 18.6 Å². The van der Waals surface area contributed by atoms with Gasteiger partial charge in [0.05, 0.1) is 12.6 Å². The molecule has 12 nitrogen and oxygen atoms in total. The smallest absolute Gasteiger partial charge is 0.325 e. The maximum atomic E-state index is 13.8. The number of hydrogen-bond acceptors (Lipinski definition) is 7. The lowest BCUT2D eigenvalue weighted by atomic mass is 9.85. The van der Waals surface area contributed by atoms with Crippen LogP contribution < -0.4 is 21.3 Å². The van der Waals surface area contributed by atoms with Gasteiger partial charge in [-0.15, -0.1) is 6.58 Å². The highest BCUT2D eigenvalue weighted by atomic mass is 16.5. The number of likely N-dealkylation sites (tertiary alicyclic amines) is 1. The molecule has 4 N–H and O–H groups in total. The molecular weight excluding hydrogens is 566 g/mol. The topological polar surface area (TPSA) is 163 Å². The number of esters is 1. The van der Waals surface area contributed by atoms with E-state index in [9.17, 15) is 28.8 Å². The lowest BCUT2D eigenvalue weighted by molar-refractivity contribution is -0.143. The second-order valence-corrected chi connectivity index (χ2v) is 13.5. The molecule has 1 aliphatic carbocycles. The average Bonchev–Trinajstić information content (AvgIpc) is 3.68. The van der Waals surface area contributed by atoms with Gasteiger partial charge in [0.25, 0.3) is 5.91 Å². The van der Waals surface area contributed by atoms with Crippen molar-refractivity contribution in [1.82, 2.24) is 26.2 Å². The van der Waals surface area contributed by atoms with Gasteiger partial charge in [0, 0.05) is 13.1 Å². The van der Waals surface area contributed by atoms with E-state index in [0.717, 1.165) is 18.8 Å². The second kappa shape index (κ2) is 18.4. The number of rotatable bonds is 14. The average molecular weight is 622 g/mol. The van der Waals surface area contributed by atoms with Crippen LogP contribution in [-0.2, 0) is 28.7 Å². The SMILES string of the molecule is C=CCNC(=O)C(=O)C(CCC)NC(=O)[C@@H]1CC(C)CN1C(=O)C(NC(=O)NCC(=O)OCC1CC1)C(C)(C)C.CC(C)C. The first-order chi connectivity index (χ1) is 20.5. The molecule has 0 aromatic carbocycles. The lowest BCUT2D eigenvalue weighted by Crippen LogP contribution is -2.60. The van der Waals surface area contributed by atoms with Gasteiger partial charge < -0.3 is 30.9 Å². The van der Waals surface area contributed by atoms with Crippen molar-refractivity contribution in [1.29, 1.82) is 0 Å². The van der Waals surface area contributed by atoms with Crippen LogP contribution in [-0.4, -0.2) is 84.8 Å². The number of hydrogen-bond donors (Lipinski definition) is 4. The number of carbonyl (C=O) groups excluding carboxylic acids is 6. The number of amides is 5. The maximum Gasteiger partial charge on any atom is 0.325 e. The summed E-state index contributed by atoms with van der Waals surface area (Å²) in [6, 6.07) is -3.62. The normalized spacial score (nSPS) is 19.1. The molecule has 2 fully saturated rings. The van der Waals surface area contributed by atoms with E-state index in [-0.39, 0.29) is 32.0 Å². The van der Waals surface area contributed by atoms with E-state index < -0.39 is 59.0 Å². The third-order valence-electron chi connectivity index (χ3n) is 6.90. The molecule has 1 heterocycles. The van der Waals surface area contributed by atoms with Crippen molar-refractivity contribution in [2.75, 3.05) is 26.2 Å². The third-order valence-corrected chi connectivity index (χ3v) is 6.90. The standard InChI is InChI=1S/C28H45N5O7.C4H10/c1-7-9-19(22(35)25(37)29-12-8-2)31-24(36)20-13-17(3)15-33(20)26(38)23(28(4,5)6)32-27(39)30-14-21(34)40-16-18-10-11-18;1-4(2)3/h8,17-20,23H,2,7,9-16H2,1,3-6H3,(H,29,37)(H,31,36)(H2,30,32,39);4H,1-3H3/t17?,19?,20-,23?;/m0./s1. The highest BCUT2D eigenvalue weighted by Crippen LogP contribution is 2.29. The number of ketones is 1. The Hall–Kier alpha value is -3.44. The summed E-state index contributed by atoms with van der Waals surface area (Å²) in [7, 11) is 0. The maximum absolute atomic E-state index is 13.8. The molecule has 0 aromatic rings. The predicted molar refractivity (Wildman–Crippen MR) is 168 cm³/mol. The first-order valence-corrected chi connectivity index (χ1v) is 15.7. The summed E-state index contributed by atoms with van der Waals surface area (Å²) in [6.45, 7) is 19.5. The molecule has 2 aliphatic rings. The van der Waals surface area contributed by atoms with Crippen LogP contribution >= 0.6 is 0 Å². The van der Waals surface area contributed by atoms with Crippen molar-refractivity contribution in [2.45, 2.75) is 106 Å². The summed E-state index contributed by atoms with van der Waals surface area (Å²) in [5.74, 6) is -1.89. The lowest BCUT2D eigenvalue weighted by Gasteiger charge is -2.35. The van der Waals surface area contributed by atoms with E-state index in [2.05, 4.69) is 48.6 Å². The molecule has 12 heteroatoms. The van der Waals surface area contributed by atoms with E-state index >= 15 is 0 Å². The fourth-order valence-corrected chi connectivity index (χ4v) is 4.47. The van der Waals surface area contributed by atoms with E-state index in [1.807, 2.05) is 13.8 Å². The largest absolute Gasteiger partial charge is 0.464 e. The number of carbonyl (C=O) groups is 6. The van der Waals surface area contributed by atoms with Gasteiger partial charge in [-0.05, 0) is 48.9 Å². The molecule has 0 spiro atoms. The number of Topliss-reactive ketones (excluding diaryl/α,β-unsaturated/α-hetero) is 1. The van der Waals surface area contributed by atoms with Gasteiger partial charge >= 0.3 is 12.0 Å². The first kappa shape index (κ1) is 38.6. The van der Waals surface area contributed by atoms with Crippen LogP contribution in [0.3, 0.4) is 0 Å². The molecule has 5 amide bonds. The zero-order valence-electron chi connectivity index (χ0n) is 27.9. The van der Waals surface area contributed by atoms with Gasteiger partial charge in [-0.1, -0.05) is 67.9 Å². The van der Waals surface area contributed by atoms with E-state index in [1.54, 1.807) is 20.8 Å². The fourth-order valence-electron chi connectivity index (χ4n) is 4.47. The molecule has 1 saturated carbocycles. The molecule has 44 heavy (non-hydrogen) atoms. The first-order valence-electron chi connectivity index (χ1n) is 15.7. The van der Waals surface area contributed by atoms with Crippen LogP contribution in [0.25, 0.3) is 0 Å². The fraction of sp³-hybridized carbons (Fsp3) is 0.750. The second-order valence-electron chi connectivity index (χ2n) is 13.5. The summed E-state index contributed by atoms with van der Waals surface area (Å²) in [6.07, 6.45) is 4.69. The van der Waals surface area contributed by atoms with Gasteiger partial charge in [0.2, 0.25) is 17.6 Å². The van der Waals surface area contributed by atoms with E-state index in [0.29, 0.717) is 25.4 Å². The zero-order chi connectivity index (χ0) is 33.6. The van der Waals surface area contributed by atoms with Crippen molar-refractivity contribution in [3.8, 4) is 0 Å². The quantitative estimate of drug-likeness (QED) is 0.132. The Kier molecular flexibility index (Phi) is 16.1. The molecule has 2 rings (SSSR count). The Balaban J connectivity index is 0.00000227. The molecule has 0 bridgehead atoms. The molecule has 0 aromatic heterocycles. The molecule has 0 radical (unpaired) electrons. The summed E-state index contributed by atoms with van der Waals surface area (Å²) >= 11 is 0. The Morgan fingerprint density at radius 1 is 1.02 bits per heavy atom. The van der Waals surface area contributed by atoms with E-state index in [4.69, 9.17) is 4.74 Å². The van der Waals surface area contributed by atoms with Gasteiger partial charge in [-0.25, -0.2) is 4.79 Å². The predicted octanol–water partition coefficient (Wildman–Crippen LogP) is 2.71. The zero-order valence-corrected chi connectivity index (χ0v) is 27.9. The molecular formula is C32H55N5O7.